The van der Waals surface area contributed by atoms with Gasteiger partial charge in [-0.1, -0.05) is 59.8 Å². The Morgan fingerprint density at radius 3 is 2.62 bits per heavy atom. The number of alkyl halides is 3. The summed E-state index contributed by atoms with van der Waals surface area (Å²) >= 11 is 1.16. The van der Waals surface area contributed by atoms with Crippen LogP contribution in [-0.2, 0) is 11.9 Å². The fourth-order valence-electron chi connectivity index (χ4n) is 2.86. The molecule has 0 atom stereocenters. The molecule has 0 fully saturated rings. The van der Waals surface area contributed by atoms with Crippen molar-refractivity contribution in [1.29, 1.82) is 0 Å². The number of nitrogens with one attached hydrogen (secondary N) is 1. The van der Waals surface area contributed by atoms with Crippen LogP contribution in [-0.4, -0.2) is 19.6 Å². The molecule has 1 N–H and O–H groups in total. The molecule has 0 aliphatic carbocycles. The van der Waals surface area contributed by atoms with Crippen LogP contribution in [0.4, 0.5) is 13.2 Å². The van der Waals surface area contributed by atoms with Crippen molar-refractivity contribution in [2.75, 3.05) is 0 Å². The maximum absolute atomic E-state index is 12.9. The van der Waals surface area contributed by atoms with E-state index in [1.165, 1.54) is 10.6 Å². The number of rotatable bonds is 4. The number of hydrogen-bond acceptors (Lipinski definition) is 4. The summed E-state index contributed by atoms with van der Waals surface area (Å²) in [6.07, 6.45) is -2.82. The van der Waals surface area contributed by atoms with Gasteiger partial charge in [0.1, 0.15) is 0 Å². The van der Waals surface area contributed by atoms with Gasteiger partial charge in [0.05, 0.1) is 11.8 Å². The van der Waals surface area contributed by atoms with Crippen molar-refractivity contribution in [3.8, 4) is 11.1 Å². The van der Waals surface area contributed by atoms with Gasteiger partial charge in [-0.25, -0.2) is 9.78 Å². The van der Waals surface area contributed by atoms with Crippen LogP contribution in [0.2, 0.25) is 0 Å². The first-order valence-corrected chi connectivity index (χ1v) is 9.64. The second kappa shape index (κ2) is 7.40. The molecule has 0 aliphatic rings. The molecular formula is C20H15F3N4OS. The molecule has 0 aliphatic heterocycles. The van der Waals surface area contributed by atoms with Crippen molar-refractivity contribution >= 4 is 17.4 Å². The zero-order chi connectivity index (χ0) is 20.6. The summed E-state index contributed by atoms with van der Waals surface area (Å²) in [5.41, 5.74) is 2.40. The third kappa shape index (κ3) is 4.04. The van der Waals surface area contributed by atoms with Crippen molar-refractivity contribution in [2.45, 2.75) is 24.0 Å². The maximum Gasteiger partial charge on any atom is 0.416 e. The predicted molar refractivity (Wildman–Crippen MR) is 105 cm³/mol. The van der Waals surface area contributed by atoms with Crippen LogP contribution in [0, 0.1) is 6.92 Å². The summed E-state index contributed by atoms with van der Waals surface area (Å²) in [5.74, 6) is 0.233. The number of benzene rings is 2. The van der Waals surface area contributed by atoms with Gasteiger partial charge >= 0.3 is 11.9 Å². The predicted octanol–water partition coefficient (Wildman–Crippen LogP) is 4.70. The molecule has 0 saturated carbocycles. The number of fused-ring (bicyclic) bond motifs is 1. The van der Waals surface area contributed by atoms with Crippen molar-refractivity contribution < 1.29 is 13.2 Å². The minimum absolute atomic E-state index is 0.233. The fourth-order valence-corrected chi connectivity index (χ4v) is 3.65. The highest BCUT2D eigenvalue weighted by Crippen LogP contribution is 2.31. The van der Waals surface area contributed by atoms with Crippen LogP contribution in [0.5, 0.6) is 0 Å². The number of aryl methyl sites for hydroxylation is 1. The van der Waals surface area contributed by atoms with Gasteiger partial charge in [-0.05, 0) is 24.1 Å². The van der Waals surface area contributed by atoms with Crippen molar-refractivity contribution in [2.24, 2.45) is 0 Å². The molecule has 2 aromatic heterocycles. The topological polar surface area (TPSA) is 63.1 Å². The van der Waals surface area contributed by atoms with Gasteiger partial charge in [0.2, 0.25) is 0 Å². The van der Waals surface area contributed by atoms with Crippen LogP contribution in [0.1, 0.15) is 16.7 Å². The lowest BCUT2D eigenvalue weighted by atomic mass is 10.1. The van der Waals surface area contributed by atoms with Crippen LogP contribution in [0.3, 0.4) is 0 Å². The Balaban J connectivity index is 1.64. The van der Waals surface area contributed by atoms with Crippen LogP contribution >= 0.6 is 11.8 Å². The number of hydrogen-bond donors (Lipinski definition) is 1. The standard InChI is InChI=1S/C20H15F3N4OS/c1-12-5-7-14(8-6-12)16-10-24-27-17(16)25-18(26-19(27)28)29-11-13-3-2-4-15(9-13)20(21,22)23/h2-10H,11H2,1H3,(H,25,26,28). The van der Waals surface area contributed by atoms with E-state index in [0.29, 0.717) is 21.9 Å². The van der Waals surface area contributed by atoms with Gasteiger partial charge in [0.25, 0.3) is 0 Å². The van der Waals surface area contributed by atoms with Gasteiger partial charge in [0, 0.05) is 11.3 Å². The number of H-pyrrole nitrogens is 1. The Kier molecular flexibility index (Phi) is 4.91. The fraction of sp³-hybridized carbons (Fsp3) is 0.150. The van der Waals surface area contributed by atoms with E-state index in [1.807, 2.05) is 31.2 Å². The van der Waals surface area contributed by atoms with E-state index >= 15 is 0 Å². The lowest BCUT2D eigenvalue weighted by Gasteiger charge is -2.08. The van der Waals surface area contributed by atoms with Crippen LogP contribution in [0.25, 0.3) is 16.8 Å². The highest BCUT2D eigenvalue weighted by molar-refractivity contribution is 7.98. The zero-order valence-electron chi connectivity index (χ0n) is 15.2. The smallest absolute Gasteiger partial charge is 0.285 e. The summed E-state index contributed by atoms with van der Waals surface area (Å²) in [7, 11) is 0. The zero-order valence-corrected chi connectivity index (χ0v) is 16.0. The first-order chi connectivity index (χ1) is 13.8. The van der Waals surface area contributed by atoms with Gasteiger partial charge in [0.15, 0.2) is 10.8 Å². The molecule has 0 radical (unpaired) electrons. The minimum atomic E-state index is -4.40. The average molecular weight is 416 g/mol. The molecular weight excluding hydrogens is 401 g/mol. The minimum Gasteiger partial charge on any atom is -0.285 e. The molecule has 0 amide bonds. The van der Waals surface area contributed by atoms with Gasteiger partial charge in [-0.3, -0.25) is 4.98 Å². The second-order valence-electron chi connectivity index (χ2n) is 6.49. The Morgan fingerprint density at radius 2 is 1.90 bits per heavy atom. The summed E-state index contributed by atoms with van der Waals surface area (Å²) in [4.78, 5) is 19.4. The Labute approximate surface area is 167 Å². The van der Waals surface area contributed by atoms with Crippen molar-refractivity contribution in [1.82, 2.24) is 19.6 Å². The number of nitrogens with zero attached hydrogens (tertiary/aromatic N) is 3. The van der Waals surface area contributed by atoms with Crippen molar-refractivity contribution in [3.63, 3.8) is 0 Å². The molecule has 0 saturated heterocycles. The lowest BCUT2D eigenvalue weighted by molar-refractivity contribution is -0.137. The second-order valence-corrected chi connectivity index (χ2v) is 7.46. The molecule has 0 bridgehead atoms. The molecule has 4 aromatic rings. The normalized spacial score (nSPS) is 11.9. The van der Waals surface area contributed by atoms with E-state index in [-0.39, 0.29) is 5.75 Å². The average Bonchev–Trinajstić information content (AvgIpc) is 3.11. The molecule has 4 rings (SSSR count). The Hall–Kier alpha value is -3.07. The van der Waals surface area contributed by atoms with E-state index < -0.39 is 17.4 Å². The van der Waals surface area contributed by atoms with Crippen LogP contribution < -0.4 is 5.69 Å². The highest BCUT2D eigenvalue weighted by atomic mass is 32.2. The number of thioether (sulfide) groups is 1. The van der Waals surface area contributed by atoms with E-state index in [1.54, 1.807) is 12.3 Å². The van der Waals surface area contributed by atoms with E-state index in [4.69, 9.17) is 0 Å². The number of aromatic amines is 1. The monoisotopic (exact) mass is 416 g/mol. The highest BCUT2D eigenvalue weighted by Gasteiger charge is 2.30. The Morgan fingerprint density at radius 1 is 1.14 bits per heavy atom. The van der Waals surface area contributed by atoms with Gasteiger partial charge in [-0.2, -0.15) is 22.8 Å². The quantitative estimate of drug-likeness (QED) is 0.490. The van der Waals surface area contributed by atoms with E-state index in [0.717, 1.165) is 35.0 Å². The van der Waals surface area contributed by atoms with Crippen LogP contribution in [0.15, 0.2) is 64.7 Å². The molecule has 29 heavy (non-hydrogen) atoms. The Bertz CT molecular complexity index is 1230. The molecule has 9 heteroatoms. The molecule has 0 spiro atoms. The van der Waals surface area contributed by atoms with Crippen molar-refractivity contribution in [3.05, 3.63) is 81.9 Å². The third-order valence-corrected chi connectivity index (χ3v) is 5.29. The number of aromatic nitrogens is 4. The summed E-state index contributed by atoms with van der Waals surface area (Å²) in [5, 5.41) is 4.40. The maximum atomic E-state index is 12.9. The molecule has 2 aromatic carbocycles. The van der Waals surface area contributed by atoms with E-state index in [9.17, 15) is 18.0 Å². The molecule has 0 unspecified atom stereocenters. The summed E-state index contributed by atoms with van der Waals surface area (Å²) in [6, 6.07) is 12.8. The largest absolute Gasteiger partial charge is 0.416 e. The third-order valence-electron chi connectivity index (χ3n) is 4.35. The summed E-state index contributed by atoms with van der Waals surface area (Å²) in [6.45, 7) is 1.98. The van der Waals surface area contributed by atoms with Gasteiger partial charge in [-0.15, -0.1) is 0 Å². The summed E-state index contributed by atoms with van der Waals surface area (Å²) < 4.78 is 39.8. The SMILES string of the molecule is Cc1ccc(-c2cnn3c(=O)[nH]c(SCc4cccc(C(F)(F)F)c4)nc23)cc1. The number of halogens is 3. The molecule has 2 heterocycles. The molecule has 148 valence electrons. The lowest BCUT2D eigenvalue weighted by Crippen LogP contribution is -2.19. The van der Waals surface area contributed by atoms with Gasteiger partial charge < -0.3 is 0 Å². The first-order valence-electron chi connectivity index (χ1n) is 8.65. The first kappa shape index (κ1) is 19.3. The van der Waals surface area contributed by atoms with E-state index in [2.05, 4.69) is 15.1 Å². The molecule has 5 nitrogen and oxygen atoms in total.